The maximum Gasteiger partial charge on any atom is 0.280 e. The topological polar surface area (TPSA) is 85.1 Å². The molecule has 0 fully saturated rings. The third kappa shape index (κ3) is 3.63. The molecule has 0 unspecified atom stereocenters. The summed E-state index contributed by atoms with van der Waals surface area (Å²) in [5.74, 6) is -2.25. The van der Waals surface area contributed by atoms with E-state index in [1.807, 2.05) is 0 Å². The third-order valence-electron chi connectivity index (χ3n) is 5.20. The van der Waals surface area contributed by atoms with Gasteiger partial charge in [-0.25, -0.2) is 13.8 Å². The number of thiazole rings is 1. The number of hydrogen-bond donors (Lipinski definition) is 2. The number of benzene rings is 2. The Morgan fingerprint density at radius 3 is 2.62 bits per heavy atom. The van der Waals surface area contributed by atoms with Gasteiger partial charge in [-0.3, -0.25) is 9.59 Å². The summed E-state index contributed by atoms with van der Waals surface area (Å²) in [6, 6.07) is 8.78. The molecule has 8 heteroatoms. The summed E-state index contributed by atoms with van der Waals surface area (Å²) in [6.07, 6.45) is 2.62. The first-order valence-electron chi connectivity index (χ1n) is 8.97. The van der Waals surface area contributed by atoms with Gasteiger partial charge in [-0.05, 0) is 54.2 Å². The van der Waals surface area contributed by atoms with Gasteiger partial charge in [0.2, 0.25) is 5.91 Å². The second-order valence-electron chi connectivity index (χ2n) is 7.03. The summed E-state index contributed by atoms with van der Waals surface area (Å²) in [4.78, 5) is 28.1. The number of nitrogens with two attached hydrogens (primary N) is 1. The molecule has 0 radical (unpaired) electrons. The van der Waals surface area contributed by atoms with Crippen molar-refractivity contribution in [2.24, 2.45) is 5.73 Å². The van der Waals surface area contributed by atoms with Crippen molar-refractivity contribution in [2.45, 2.75) is 24.8 Å². The van der Waals surface area contributed by atoms with E-state index in [4.69, 9.17) is 5.73 Å². The van der Waals surface area contributed by atoms with E-state index in [2.05, 4.69) is 10.3 Å². The molecule has 4 rings (SSSR count). The van der Waals surface area contributed by atoms with E-state index in [0.717, 1.165) is 11.6 Å². The molecule has 1 aliphatic rings. The molecule has 0 saturated heterocycles. The van der Waals surface area contributed by atoms with Crippen LogP contribution in [0.25, 0.3) is 0 Å². The summed E-state index contributed by atoms with van der Waals surface area (Å²) >= 11 is 1.19. The molecule has 0 spiro atoms. The molecule has 3 N–H and O–H groups in total. The third-order valence-corrected chi connectivity index (χ3v) is 5.97. The highest BCUT2D eigenvalue weighted by Gasteiger charge is 2.42. The van der Waals surface area contributed by atoms with Crippen molar-refractivity contribution in [1.82, 2.24) is 10.3 Å². The molecule has 148 valence electrons. The summed E-state index contributed by atoms with van der Waals surface area (Å²) in [5, 5.41) is 4.94. The lowest BCUT2D eigenvalue weighted by atomic mass is 9.84. The Morgan fingerprint density at radius 1 is 1.21 bits per heavy atom. The molecule has 2 amide bonds. The highest BCUT2D eigenvalue weighted by molar-refractivity contribution is 7.11. The van der Waals surface area contributed by atoms with Crippen LogP contribution in [0, 0.1) is 11.6 Å². The van der Waals surface area contributed by atoms with E-state index in [1.54, 1.807) is 29.6 Å². The monoisotopic (exact) mass is 413 g/mol. The number of aromatic nitrogens is 1. The van der Waals surface area contributed by atoms with Gasteiger partial charge in [0.05, 0.1) is 5.54 Å². The Balaban J connectivity index is 1.75. The predicted octanol–water partition coefficient (Wildman–Crippen LogP) is 3.33. The Bertz CT molecular complexity index is 1080. The van der Waals surface area contributed by atoms with Crippen LogP contribution in [-0.4, -0.2) is 16.8 Å². The van der Waals surface area contributed by atoms with Crippen molar-refractivity contribution in [1.29, 1.82) is 0 Å². The van der Waals surface area contributed by atoms with Crippen molar-refractivity contribution >= 4 is 23.2 Å². The fraction of sp³-hybridized carbons (Fsp3) is 0.190. The number of carbonyl (C=O) groups is 2. The van der Waals surface area contributed by atoms with E-state index < -0.39 is 29.0 Å². The van der Waals surface area contributed by atoms with Crippen molar-refractivity contribution in [2.75, 3.05) is 0 Å². The van der Waals surface area contributed by atoms with E-state index >= 15 is 0 Å². The van der Waals surface area contributed by atoms with Crippen molar-refractivity contribution in [3.63, 3.8) is 0 Å². The van der Waals surface area contributed by atoms with Crippen molar-refractivity contribution in [3.8, 4) is 0 Å². The summed E-state index contributed by atoms with van der Waals surface area (Å²) in [6.45, 7) is 0. The van der Waals surface area contributed by atoms with Gasteiger partial charge in [-0.1, -0.05) is 12.1 Å². The summed E-state index contributed by atoms with van der Waals surface area (Å²) in [7, 11) is 0. The van der Waals surface area contributed by atoms with Gasteiger partial charge in [0.1, 0.15) is 11.6 Å². The van der Waals surface area contributed by atoms with Gasteiger partial charge in [0.25, 0.3) is 5.91 Å². The lowest BCUT2D eigenvalue weighted by Crippen LogP contribution is -2.46. The average Bonchev–Trinajstić information content (AvgIpc) is 3.32. The van der Waals surface area contributed by atoms with Crippen LogP contribution in [-0.2, 0) is 18.4 Å². The van der Waals surface area contributed by atoms with Crippen LogP contribution in [0.3, 0.4) is 0 Å². The molecule has 29 heavy (non-hydrogen) atoms. The number of nitrogens with zero attached hydrogens (tertiary/aromatic N) is 1. The van der Waals surface area contributed by atoms with Gasteiger partial charge < -0.3 is 11.1 Å². The molecular weight excluding hydrogens is 396 g/mol. The van der Waals surface area contributed by atoms with E-state index in [9.17, 15) is 18.4 Å². The average molecular weight is 413 g/mol. The number of amides is 2. The zero-order chi connectivity index (χ0) is 20.6. The smallest absolute Gasteiger partial charge is 0.280 e. The molecule has 3 aromatic rings. The molecule has 5 nitrogen and oxygen atoms in total. The largest absolute Gasteiger partial charge is 0.366 e. The minimum Gasteiger partial charge on any atom is -0.366 e. The molecule has 0 saturated carbocycles. The zero-order valence-corrected chi connectivity index (χ0v) is 16.1. The molecule has 1 aliphatic carbocycles. The number of rotatable bonds is 5. The van der Waals surface area contributed by atoms with Gasteiger partial charge in [-0.2, -0.15) is 0 Å². The lowest BCUT2D eigenvalue weighted by Gasteiger charge is -2.32. The lowest BCUT2D eigenvalue weighted by molar-refractivity contribution is 0.0894. The second kappa shape index (κ2) is 7.36. The van der Waals surface area contributed by atoms with Crippen LogP contribution in [0.5, 0.6) is 0 Å². The minimum absolute atomic E-state index is 0.277. The highest BCUT2D eigenvalue weighted by Crippen LogP contribution is 2.41. The first-order valence-corrected chi connectivity index (χ1v) is 9.85. The number of fused-ring (bicyclic) bond motifs is 1. The first kappa shape index (κ1) is 19.2. The van der Waals surface area contributed by atoms with Crippen LogP contribution in [0.1, 0.15) is 43.3 Å². The SMILES string of the molecule is NC(=O)c1ccc(C[C@]2(NC(=O)c3nccs3)CCc3c(F)cc(F)cc32)cc1. The van der Waals surface area contributed by atoms with E-state index in [-0.39, 0.29) is 5.01 Å². The van der Waals surface area contributed by atoms with Gasteiger partial charge >= 0.3 is 0 Å². The fourth-order valence-electron chi connectivity index (χ4n) is 3.86. The zero-order valence-electron chi connectivity index (χ0n) is 15.2. The van der Waals surface area contributed by atoms with Crippen LogP contribution >= 0.6 is 11.3 Å². The molecule has 0 bridgehead atoms. The van der Waals surface area contributed by atoms with Crippen LogP contribution in [0.15, 0.2) is 48.0 Å². The number of hydrogen-bond acceptors (Lipinski definition) is 4. The van der Waals surface area contributed by atoms with Gasteiger partial charge in [0.15, 0.2) is 5.01 Å². The van der Waals surface area contributed by atoms with E-state index in [1.165, 1.54) is 23.6 Å². The maximum absolute atomic E-state index is 14.4. The molecule has 0 aliphatic heterocycles. The van der Waals surface area contributed by atoms with Crippen LogP contribution < -0.4 is 11.1 Å². The molecule has 1 aromatic heterocycles. The summed E-state index contributed by atoms with van der Waals surface area (Å²) in [5.41, 5.74) is 6.28. The maximum atomic E-state index is 14.4. The molecular formula is C21H17F2N3O2S. The van der Waals surface area contributed by atoms with Crippen molar-refractivity contribution < 1.29 is 18.4 Å². The summed E-state index contributed by atoms with van der Waals surface area (Å²) < 4.78 is 28.4. The van der Waals surface area contributed by atoms with Crippen molar-refractivity contribution in [3.05, 3.63) is 86.9 Å². The Kier molecular flexibility index (Phi) is 4.87. The first-order chi connectivity index (χ1) is 13.9. The van der Waals surface area contributed by atoms with Crippen LogP contribution in [0.4, 0.5) is 8.78 Å². The van der Waals surface area contributed by atoms with Gasteiger partial charge in [-0.15, -0.1) is 11.3 Å². The predicted molar refractivity (Wildman–Crippen MR) is 105 cm³/mol. The quantitative estimate of drug-likeness (QED) is 0.673. The molecule has 1 atom stereocenters. The number of halogens is 2. The normalized spacial score (nSPS) is 17.7. The van der Waals surface area contributed by atoms with Gasteiger partial charge in [0, 0.05) is 23.2 Å². The molecule has 2 aromatic carbocycles. The van der Waals surface area contributed by atoms with E-state index in [0.29, 0.717) is 36.0 Å². The number of carbonyl (C=O) groups excluding carboxylic acids is 2. The second-order valence-corrected chi connectivity index (χ2v) is 7.92. The minimum atomic E-state index is -0.991. The fourth-order valence-corrected chi connectivity index (χ4v) is 4.39. The highest BCUT2D eigenvalue weighted by atomic mass is 32.1. The molecule has 1 heterocycles. The van der Waals surface area contributed by atoms with Crippen LogP contribution in [0.2, 0.25) is 0 Å². The number of nitrogens with one attached hydrogen (secondary N) is 1. The number of primary amides is 1. The Labute approximate surface area is 169 Å². The Morgan fingerprint density at radius 2 is 1.97 bits per heavy atom. The standard InChI is InChI=1S/C21H17F2N3O2S/c22-14-9-16-15(17(23)10-14)5-6-21(16,26-19(28)20-25-7-8-29-20)11-12-1-3-13(4-2-12)18(24)27/h1-4,7-10H,5-6,11H2,(H2,24,27)(H,26,28)/t21-/m1/s1. The Hall–Kier alpha value is -3.13.